The molecule has 8 aromatic carbocycles. The summed E-state index contributed by atoms with van der Waals surface area (Å²) in [6, 6.07) is 73.1. The van der Waals surface area contributed by atoms with E-state index in [1.165, 1.54) is 89.0 Å². The monoisotopic (exact) mass is 703 g/mol. The highest BCUT2D eigenvalue weighted by molar-refractivity contribution is 5.95. The van der Waals surface area contributed by atoms with Gasteiger partial charge in [-0.3, -0.25) is 4.90 Å². The smallest absolute Gasteiger partial charge is 0.0725 e. The molecule has 3 aliphatic carbocycles. The molecule has 3 aliphatic rings. The molecular formula is C54H41N. The van der Waals surface area contributed by atoms with Gasteiger partial charge in [0.25, 0.3) is 0 Å². The van der Waals surface area contributed by atoms with Gasteiger partial charge in [-0.05, 0) is 95.6 Å². The quantitative estimate of drug-likeness (QED) is 0.160. The Morgan fingerprint density at radius 2 is 0.655 bits per heavy atom. The maximum atomic E-state index is 2.60. The minimum absolute atomic E-state index is 0.320. The third-order valence-electron chi connectivity index (χ3n) is 12.8. The second-order valence-corrected chi connectivity index (χ2v) is 15.5. The van der Waals surface area contributed by atoms with Gasteiger partial charge < -0.3 is 0 Å². The topological polar surface area (TPSA) is 3.24 Å². The van der Waals surface area contributed by atoms with Crippen LogP contribution in [0.3, 0.4) is 0 Å². The van der Waals surface area contributed by atoms with E-state index in [-0.39, 0.29) is 5.41 Å². The molecule has 0 bridgehead atoms. The molecule has 0 heterocycles. The second kappa shape index (κ2) is 12.4. The van der Waals surface area contributed by atoms with E-state index in [0.29, 0.717) is 0 Å². The Morgan fingerprint density at radius 3 is 1.05 bits per heavy atom. The van der Waals surface area contributed by atoms with Gasteiger partial charge in [0.1, 0.15) is 0 Å². The average Bonchev–Trinajstić information content (AvgIpc) is 3.84. The second-order valence-electron chi connectivity index (χ2n) is 15.5. The molecule has 0 unspecified atom stereocenters. The van der Waals surface area contributed by atoms with Crippen molar-refractivity contribution in [1.29, 1.82) is 0 Å². The van der Waals surface area contributed by atoms with E-state index in [4.69, 9.17) is 0 Å². The third-order valence-corrected chi connectivity index (χ3v) is 12.8. The van der Waals surface area contributed by atoms with E-state index >= 15 is 0 Å². The highest BCUT2D eigenvalue weighted by Crippen LogP contribution is 2.63. The van der Waals surface area contributed by atoms with Crippen LogP contribution in [0.25, 0.3) is 33.4 Å². The van der Waals surface area contributed by atoms with Crippen LogP contribution in [0.1, 0.15) is 62.6 Å². The van der Waals surface area contributed by atoms with Crippen molar-refractivity contribution in [3.05, 3.63) is 250 Å². The Kier molecular flexibility index (Phi) is 7.24. The van der Waals surface area contributed by atoms with Crippen LogP contribution < -0.4 is 0 Å². The summed E-state index contributed by atoms with van der Waals surface area (Å²) in [4.78, 5) is 2.60. The van der Waals surface area contributed by atoms with E-state index < -0.39 is 5.41 Å². The van der Waals surface area contributed by atoms with Crippen molar-refractivity contribution in [3.63, 3.8) is 0 Å². The van der Waals surface area contributed by atoms with Crippen molar-refractivity contribution in [1.82, 2.24) is 4.90 Å². The van der Waals surface area contributed by atoms with Gasteiger partial charge in [-0.1, -0.05) is 201 Å². The van der Waals surface area contributed by atoms with Crippen LogP contribution in [0.15, 0.2) is 194 Å². The molecule has 0 aliphatic heterocycles. The third kappa shape index (κ3) is 4.45. The molecule has 1 spiro atoms. The summed E-state index contributed by atoms with van der Waals surface area (Å²) in [5, 5.41) is 0. The normalized spacial score (nSPS) is 14.6. The lowest BCUT2D eigenvalue weighted by atomic mass is 9.67. The summed E-state index contributed by atoms with van der Waals surface area (Å²) in [5.41, 5.74) is 21.0. The van der Waals surface area contributed by atoms with E-state index in [0.717, 1.165) is 19.6 Å². The predicted octanol–water partition coefficient (Wildman–Crippen LogP) is 12.4. The van der Waals surface area contributed by atoms with E-state index in [1.54, 1.807) is 0 Å². The number of hydrogen-bond donors (Lipinski definition) is 0. The molecular weight excluding hydrogens is 663 g/mol. The first kappa shape index (κ1) is 32.2. The minimum atomic E-state index is -0.390. The molecule has 0 saturated carbocycles. The highest BCUT2D eigenvalue weighted by atomic mass is 15.1. The van der Waals surface area contributed by atoms with Gasteiger partial charge in [0.05, 0.1) is 10.8 Å². The Morgan fingerprint density at radius 1 is 0.327 bits per heavy atom. The van der Waals surface area contributed by atoms with Crippen LogP contribution in [-0.2, 0) is 23.9 Å². The molecule has 1 heteroatoms. The van der Waals surface area contributed by atoms with E-state index in [1.807, 2.05) is 0 Å². The lowest BCUT2D eigenvalue weighted by Crippen LogP contribution is -2.29. The van der Waals surface area contributed by atoms with Gasteiger partial charge in [0.15, 0.2) is 0 Å². The van der Waals surface area contributed by atoms with E-state index in [2.05, 4.69) is 206 Å². The molecule has 0 atom stereocenters. The number of hydrogen-bond acceptors (Lipinski definition) is 1. The van der Waals surface area contributed by atoms with Crippen LogP contribution >= 0.6 is 0 Å². The summed E-state index contributed by atoms with van der Waals surface area (Å²) >= 11 is 0. The van der Waals surface area contributed by atoms with Gasteiger partial charge >= 0.3 is 0 Å². The molecule has 1 nitrogen and oxygen atoms in total. The van der Waals surface area contributed by atoms with Crippen molar-refractivity contribution in [2.45, 2.75) is 30.8 Å². The maximum absolute atomic E-state index is 2.60. The zero-order valence-electron chi connectivity index (χ0n) is 31.0. The van der Waals surface area contributed by atoms with Crippen LogP contribution in [0.4, 0.5) is 0 Å². The summed E-state index contributed by atoms with van der Waals surface area (Å²) in [6.45, 7) is 5.00. The first-order chi connectivity index (χ1) is 27.2. The number of nitrogens with zero attached hydrogens (tertiary/aromatic N) is 1. The van der Waals surface area contributed by atoms with Gasteiger partial charge in [0, 0.05) is 13.1 Å². The van der Waals surface area contributed by atoms with Crippen LogP contribution in [0, 0.1) is 0 Å². The minimum Gasteiger partial charge on any atom is -0.295 e. The van der Waals surface area contributed by atoms with Crippen LogP contribution in [-0.4, -0.2) is 11.4 Å². The van der Waals surface area contributed by atoms with Gasteiger partial charge in [-0.2, -0.15) is 0 Å². The number of fused-ring (bicyclic) bond motifs is 13. The fraction of sp³-hybridized carbons (Fsp3) is 0.111. The summed E-state index contributed by atoms with van der Waals surface area (Å²) in [5.74, 6) is 0. The zero-order valence-corrected chi connectivity index (χ0v) is 31.0. The summed E-state index contributed by atoms with van der Waals surface area (Å²) < 4.78 is 0. The Labute approximate surface area is 324 Å². The number of benzene rings is 8. The maximum Gasteiger partial charge on any atom is 0.0725 e. The molecule has 0 radical (unpaired) electrons. The van der Waals surface area contributed by atoms with Crippen molar-refractivity contribution in [2.75, 3.05) is 6.54 Å². The fourth-order valence-corrected chi connectivity index (χ4v) is 10.6. The molecule has 0 fully saturated rings. The van der Waals surface area contributed by atoms with Crippen molar-refractivity contribution < 1.29 is 0 Å². The van der Waals surface area contributed by atoms with Crippen LogP contribution in [0.2, 0.25) is 0 Å². The van der Waals surface area contributed by atoms with Gasteiger partial charge in [-0.15, -0.1) is 0 Å². The molecule has 55 heavy (non-hydrogen) atoms. The molecule has 11 rings (SSSR count). The highest BCUT2D eigenvalue weighted by Gasteiger charge is 2.51. The Balaban J connectivity index is 1.00. The largest absolute Gasteiger partial charge is 0.295 e. The SMILES string of the molecule is CCN(Cc1ccc2c(c1)C(c1ccccc1)(c1ccccc1)c1ccccc1-2)Cc1ccc2c(c1)C1(c3ccccc3-c3ccccc31)c1ccccc1-2. The van der Waals surface area contributed by atoms with Crippen molar-refractivity contribution in [2.24, 2.45) is 0 Å². The molecule has 0 aromatic heterocycles. The van der Waals surface area contributed by atoms with Gasteiger partial charge in [0.2, 0.25) is 0 Å². The first-order valence-corrected chi connectivity index (χ1v) is 19.7. The predicted molar refractivity (Wildman–Crippen MR) is 226 cm³/mol. The standard InChI is InChI=1S/C54H41N/c1-2-55(35-37-29-31-45-43-23-9-13-25-47(43)53(51(45)33-37,39-17-5-3-6-18-39)40-19-7-4-8-20-40)36-38-30-32-46-44-24-12-16-28-50(44)54(52(46)34-38)48-26-14-10-21-41(48)42-22-11-15-27-49(42)54/h3-34H,2,35-36H2,1H3. The number of rotatable bonds is 7. The molecule has 8 aromatic rings. The summed E-state index contributed by atoms with van der Waals surface area (Å²) in [7, 11) is 0. The molecule has 262 valence electrons. The fourth-order valence-electron chi connectivity index (χ4n) is 10.6. The lowest BCUT2D eigenvalue weighted by molar-refractivity contribution is 0.271. The van der Waals surface area contributed by atoms with Crippen LogP contribution in [0.5, 0.6) is 0 Å². The Hall–Kier alpha value is -6.28. The molecule has 0 saturated heterocycles. The molecule has 0 N–H and O–H groups in total. The lowest BCUT2D eigenvalue weighted by Gasteiger charge is -2.34. The average molecular weight is 704 g/mol. The van der Waals surface area contributed by atoms with Crippen molar-refractivity contribution >= 4 is 0 Å². The molecule has 0 amide bonds. The van der Waals surface area contributed by atoms with Gasteiger partial charge in [-0.25, -0.2) is 0 Å². The first-order valence-electron chi connectivity index (χ1n) is 19.7. The zero-order chi connectivity index (χ0) is 36.6. The Bertz CT molecular complexity index is 2550. The summed E-state index contributed by atoms with van der Waals surface area (Å²) in [6.07, 6.45) is 0. The van der Waals surface area contributed by atoms with E-state index in [9.17, 15) is 0 Å². The van der Waals surface area contributed by atoms with Crippen molar-refractivity contribution in [3.8, 4) is 33.4 Å².